The van der Waals surface area contributed by atoms with Gasteiger partial charge in [-0.2, -0.15) is 0 Å². The van der Waals surface area contributed by atoms with Crippen molar-refractivity contribution >= 4 is 23.5 Å². The summed E-state index contributed by atoms with van der Waals surface area (Å²) in [5.41, 5.74) is 0.536. The number of esters is 2. The fourth-order valence-electron chi connectivity index (χ4n) is 2.55. The zero-order valence-corrected chi connectivity index (χ0v) is 15.2. The Bertz CT molecular complexity index is 657. The standard InChI is InChI=1S/C18H21ClFNO4/c1-4-24-17(22)13(18(23)25-5-2)8-12(11-6-7-11)15-9-14(19)16(20)10(3)21-15/h8-9,11-12H,4-7H2,1-3H3. The molecule has 0 aliphatic heterocycles. The molecule has 5 nitrogen and oxygen atoms in total. The first-order valence-electron chi connectivity index (χ1n) is 8.27. The molecule has 0 amide bonds. The smallest absolute Gasteiger partial charge is 0.345 e. The largest absolute Gasteiger partial charge is 0.462 e. The average Bonchev–Trinajstić information content (AvgIpc) is 3.38. The van der Waals surface area contributed by atoms with Crippen molar-refractivity contribution in [1.29, 1.82) is 0 Å². The highest BCUT2D eigenvalue weighted by atomic mass is 35.5. The number of pyridine rings is 1. The van der Waals surface area contributed by atoms with E-state index in [-0.39, 0.29) is 41.3 Å². The van der Waals surface area contributed by atoms with E-state index in [1.54, 1.807) is 13.8 Å². The van der Waals surface area contributed by atoms with E-state index >= 15 is 0 Å². The van der Waals surface area contributed by atoms with Crippen LogP contribution in [0.25, 0.3) is 0 Å². The number of hydrogen-bond acceptors (Lipinski definition) is 5. The summed E-state index contributed by atoms with van der Waals surface area (Å²) >= 11 is 5.93. The molecule has 2 rings (SSSR count). The summed E-state index contributed by atoms with van der Waals surface area (Å²) in [6.45, 7) is 5.12. The van der Waals surface area contributed by atoms with Gasteiger partial charge < -0.3 is 9.47 Å². The lowest BCUT2D eigenvalue weighted by Gasteiger charge is -2.15. The minimum atomic E-state index is -0.739. The maximum absolute atomic E-state index is 13.8. The minimum Gasteiger partial charge on any atom is -0.462 e. The van der Waals surface area contributed by atoms with Gasteiger partial charge in [-0.25, -0.2) is 14.0 Å². The van der Waals surface area contributed by atoms with Crippen LogP contribution in [0.2, 0.25) is 5.02 Å². The van der Waals surface area contributed by atoms with Gasteiger partial charge >= 0.3 is 11.9 Å². The number of carbonyl (C=O) groups excluding carboxylic acids is 2. The number of hydrogen-bond donors (Lipinski definition) is 0. The molecule has 1 aromatic heterocycles. The molecule has 25 heavy (non-hydrogen) atoms. The molecule has 1 aromatic rings. The number of nitrogens with zero attached hydrogens (tertiary/aromatic N) is 1. The Morgan fingerprint density at radius 2 is 1.88 bits per heavy atom. The topological polar surface area (TPSA) is 65.5 Å². The fraction of sp³-hybridized carbons (Fsp3) is 0.500. The van der Waals surface area contributed by atoms with E-state index in [2.05, 4.69) is 4.98 Å². The molecule has 1 aliphatic rings. The first kappa shape index (κ1) is 19.4. The van der Waals surface area contributed by atoms with Crippen molar-refractivity contribution in [2.24, 2.45) is 5.92 Å². The Morgan fingerprint density at radius 1 is 1.32 bits per heavy atom. The Hall–Kier alpha value is -1.95. The van der Waals surface area contributed by atoms with Gasteiger partial charge in [0.15, 0.2) is 5.82 Å². The lowest BCUT2D eigenvalue weighted by atomic mass is 9.95. The maximum atomic E-state index is 13.8. The van der Waals surface area contributed by atoms with E-state index in [0.717, 1.165) is 12.8 Å². The molecule has 0 radical (unpaired) electrons. The second-order valence-corrected chi connectivity index (χ2v) is 6.22. The molecule has 1 atom stereocenters. The third-order valence-corrected chi connectivity index (χ3v) is 4.18. The molecule has 1 fully saturated rings. The van der Waals surface area contributed by atoms with E-state index in [4.69, 9.17) is 21.1 Å². The summed E-state index contributed by atoms with van der Waals surface area (Å²) in [6, 6.07) is 1.44. The monoisotopic (exact) mass is 369 g/mol. The van der Waals surface area contributed by atoms with Crippen LogP contribution in [-0.2, 0) is 19.1 Å². The minimum absolute atomic E-state index is 0.0321. The van der Waals surface area contributed by atoms with Gasteiger partial charge in [0.1, 0.15) is 5.57 Å². The maximum Gasteiger partial charge on any atom is 0.345 e. The Balaban J connectivity index is 2.44. The third kappa shape index (κ3) is 4.78. The van der Waals surface area contributed by atoms with Crippen molar-refractivity contribution in [3.63, 3.8) is 0 Å². The van der Waals surface area contributed by atoms with Gasteiger partial charge in [0.25, 0.3) is 0 Å². The average molecular weight is 370 g/mol. The highest BCUT2D eigenvalue weighted by molar-refractivity contribution is 6.30. The number of carbonyl (C=O) groups is 2. The molecule has 0 saturated heterocycles. The first-order valence-corrected chi connectivity index (χ1v) is 8.65. The van der Waals surface area contributed by atoms with E-state index in [1.807, 2.05) is 0 Å². The zero-order chi connectivity index (χ0) is 18.6. The molecule has 0 bridgehead atoms. The van der Waals surface area contributed by atoms with Crippen LogP contribution in [0.5, 0.6) is 0 Å². The summed E-state index contributed by atoms with van der Waals surface area (Å²) in [5.74, 6) is -2.17. The Kier molecular flexibility index (Phi) is 6.53. The highest BCUT2D eigenvalue weighted by Crippen LogP contribution is 2.44. The van der Waals surface area contributed by atoms with E-state index < -0.39 is 17.8 Å². The van der Waals surface area contributed by atoms with Crippen molar-refractivity contribution in [2.75, 3.05) is 13.2 Å². The number of rotatable bonds is 7. The van der Waals surface area contributed by atoms with E-state index in [1.165, 1.54) is 19.1 Å². The van der Waals surface area contributed by atoms with Gasteiger partial charge in [0, 0.05) is 11.6 Å². The van der Waals surface area contributed by atoms with E-state index in [0.29, 0.717) is 5.69 Å². The Labute approximate surface area is 151 Å². The van der Waals surface area contributed by atoms with Crippen LogP contribution in [0.4, 0.5) is 4.39 Å². The van der Waals surface area contributed by atoms with Crippen LogP contribution in [0.1, 0.15) is 44.0 Å². The summed E-state index contributed by atoms with van der Waals surface area (Å²) in [4.78, 5) is 28.6. The summed E-state index contributed by atoms with van der Waals surface area (Å²) in [5, 5.41) is -0.0321. The molecule has 0 spiro atoms. The van der Waals surface area contributed by atoms with Gasteiger partial charge in [-0.1, -0.05) is 17.7 Å². The molecule has 0 N–H and O–H groups in total. The van der Waals surface area contributed by atoms with Crippen LogP contribution in [0.15, 0.2) is 17.7 Å². The summed E-state index contributed by atoms with van der Waals surface area (Å²) in [6.07, 6.45) is 3.37. The van der Waals surface area contributed by atoms with Crippen LogP contribution < -0.4 is 0 Å². The first-order chi connectivity index (χ1) is 11.9. The molecule has 1 saturated carbocycles. The number of ether oxygens (including phenoxy) is 2. The van der Waals surface area contributed by atoms with Gasteiger partial charge in [-0.3, -0.25) is 4.98 Å². The SMILES string of the molecule is CCOC(=O)C(=CC(c1cc(Cl)c(F)c(C)n1)C1CC1)C(=O)OCC. The van der Waals surface area contributed by atoms with Crippen molar-refractivity contribution in [1.82, 2.24) is 4.98 Å². The van der Waals surface area contributed by atoms with Gasteiger partial charge in [-0.05, 0) is 45.6 Å². The van der Waals surface area contributed by atoms with E-state index in [9.17, 15) is 14.0 Å². The van der Waals surface area contributed by atoms with Crippen LogP contribution in [-0.4, -0.2) is 30.1 Å². The number of aromatic nitrogens is 1. The number of allylic oxidation sites excluding steroid dienone is 1. The van der Waals surface area contributed by atoms with Gasteiger partial charge in [-0.15, -0.1) is 0 Å². The van der Waals surface area contributed by atoms with Crippen LogP contribution in [0, 0.1) is 18.7 Å². The van der Waals surface area contributed by atoms with Crippen LogP contribution in [0.3, 0.4) is 0 Å². The number of halogens is 2. The van der Waals surface area contributed by atoms with Gasteiger partial charge in [0.05, 0.1) is 23.9 Å². The highest BCUT2D eigenvalue weighted by Gasteiger charge is 2.35. The van der Waals surface area contributed by atoms with Crippen molar-refractivity contribution in [2.45, 2.75) is 39.5 Å². The fourth-order valence-corrected chi connectivity index (χ4v) is 2.80. The summed E-state index contributed by atoms with van der Waals surface area (Å²) < 4.78 is 23.7. The third-order valence-electron chi connectivity index (χ3n) is 3.91. The molecule has 136 valence electrons. The second-order valence-electron chi connectivity index (χ2n) is 5.81. The van der Waals surface area contributed by atoms with Gasteiger partial charge in [0.2, 0.25) is 0 Å². The lowest BCUT2D eigenvalue weighted by Crippen LogP contribution is -2.20. The lowest BCUT2D eigenvalue weighted by molar-refractivity contribution is -0.146. The summed E-state index contributed by atoms with van der Waals surface area (Å²) in [7, 11) is 0. The van der Waals surface area contributed by atoms with Crippen LogP contribution >= 0.6 is 11.6 Å². The molecule has 0 aromatic carbocycles. The molecule has 1 heterocycles. The van der Waals surface area contributed by atoms with Crippen molar-refractivity contribution in [3.05, 3.63) is 39.9 Å². The molecule has 1 unspecified atom stereocenters. The molecular formula is C18H21ClFNO4. The molecule has 1 aliphatic carbocycles. The normalized spacial score (nSPS) is 14.6. The Morgan fingerprint density at radius 3 is 2.32 bits per heavy atom. The number of aryl methyl sites for hydroxylation is 1. The molecular weight excluding hydrogens is 349 g/mol. The predicted octanol–water partition coefficient (Wildman–Crippen LogP) is 3.73. The second kappa shape index (κ2) is 8.43. The quantitative estimate of drug-likeness (QED) is 0.317. The zero-order valence-electron chi connectivity index (χ0n) is 14.5. The molecule has 7 heteroatoms. The van der Waals surface area contributed by atoms with Crippen molar-refractivity contribution in [3.8, 4) is 0 Å². The predicted molar refractivity (Wildman–Crippen MR) is 90.8 cm³/mol. The van der Waals surface area contributed by atoms with Crippen molar-refractivity contribution < 1.29 is 23.5 Å².